The van der Waals surface area contributed by atoms with E-state index in [4.69, 9.17) is 8.61 Å². The second-order valence-electron chi connectivity index (χ2n) is 9.47. The predicted octanol–water partition coefficient (Wildman–Crippen LogP) is 2.61. The summed E-state index contributed by atoms with van der Waals surface area (Å²) in [5.41, 5.74) is 0.774. The molecule has 0 aliphatic rings. The lowest BCUT2D eigenvalue weighted by Gasteiger charge is -2.37. The maximum atomic E-state index is 13.0. The van der Waals surface area contributed by atoms with E-state index < -0.39 is 36.5 Å². The summed E-state index contributed by atoms with van der Waals surface area (Å²) in [6.45, 7) is 10.8. The van der Waals surface area contributed by atoms with Gasteiger partial charge in [0.2, 0.25) is 5.91 Å². The normalized spacial score (nSPS) is 14.5. The summed E-state index contributed by atoms with van der Waals surface area (Å²) in [6.07, 6.45) is 0.366. The van der Waals surface area contributed by atoms with Crippen molar-refractivity contribution in [2.24, 2.45) is 0 Å². The van der Waals surface area contributed by atoms with Crippen LogP contribution in [0.15, 0.2) is 30.3 Å². The first-order valence-electron chi connectivity index (χ1n) is 10.7. The summed E-state index contributed by atoms with van der Waals surface area (Å²) >= 11 is 0. The standard InChI is InChI=1S/C22H38N2O6SSi/c1-22(2,3)32(6,7)29-16-18(13-14-20(25)23-4)24-21(26)19(30-31(5,27)28)15-17-11-9-8-10-12-17/h8-12,18-19H,13-16H2,1-7H3,(H,23,25)(H,24,26)/t18-,19-/m0/s1. The van der Waals surface area contributed by atoms with Crippen LogP contribution in [0.25, 0.3) is 0 Å². The summed E-state index contributed by atoms with van der Waals surface area (Å²) in [5.74, 6) is -0.704. The van der Waals surface area contributed by atoms with E-state index in [9.17, 15) is 18.0 Å². The fraction of sp³-hybridized carbons (Fsp3) is 0.636. The van der Waals surface area contributed by atoms with Crippen molar-refractivity contribution in [2.45, 2.75) is 70.3 Å². The molecule has 2 atom stereocenters. The van der Waals surface area contributed by atoms with E-state index >= 15 is 0 Å². The lowest BCUT2D eigenvalue weighted by Crippen LogP contribution is -2.49. The summed E-state index contributed by atoms with van der Waals surface area (Å²) in [5, 5.41) is 5.40. The quantitative estimate of drug-likeness (QED) is 0.347. The Kier molecular flexibility index (Phi) is 10.5. The van der Waals surface area contributed by atoms with Gasteiger partial charge in [-0.25, -0.2) is 0 Å². The highest BCUT2D eigenvalue weighted by molar-refractivity contribution is 7.86. The molecule has 0 heterocycles. The number of carbonyl (C=O) groups excluding carboxylic acids is 2. The first-order valence-corrected chi connectivity index (χ1v) is 15.4. The van der Waals surface area contributed by atoms with Gasteiger partial charge in [0.1, 0.15) is 0 Å². The van der Waals surface area contributed by atoms with Gasteiger partial charge in [0.05, 0.1) is 18.9 Å². The third kappa shape index (κ3) is 10.2. The number of benzene rings is 1. The maximum absolute atomic E-state index is 13.0. The van der Waals surface area contributed by atoms with Crippen molar-refractivity contribution >= 4 is 30.2 Å². The lowest BCUT2D eigenvalue weighted by molar-refractivity contribution is -0.129. The zero-order chi connectivity index (χ0) is 24.6. The van der Waals surface area contributed by atoms with E-state index in [1.54, 1.807) is 19.2 Å². The SMILES string of the molecule is CNC(=O)CC[C@@H](CO[Si](C)(C)C(C)(C)C)NC(=O)[C@H](Cc1ccccc1)OS(C)(=O)=O. The van der Waals surface area contributed by atoms with Gasteiger partial charge in [-0.05, 0) is 30.1 Å². The maximum Gasteiger partial charge on any atom is 0.265 e. The van der Waals surface area contributed by atoms with Crippen LogP contribution in [-0.4, -0.2) is 60.6 Å². The third-order valence-electron chi connectivity index (χ3n) is 5.64. The van der Waals surface area contributed by atoms with Gasteiger partial charge in [-0.2, -0.15) is 8.42 Å². The van der Waals surface area contributed by atoms with Gasteiger partial charge in [0.15, 0.2) is 14.4 Å². The molecule has 2 amide bonds. The Morgan fingerprint density at radius 3 is 2.22 bits per heavy atom. The van der Waals surface area contributed by atoms with Crippen LogP contribution in [0.1, 0.15) is 39.2 Å². The molecule has 1 rings (SSSR count). The Hall–Kier alpha value is -1.75. The van der Waals surface area contributed by atoms with Crippen molar-refractivity contribution in [3.05, 3.63) is 35.9 Å². The van der Waals surface area contributed by atoms with Gasteiger partial charge in [0, 0.05) is 19.9 Å². The molecular formula is C22H38N2O6SSi. The Morgan fingerprint density at radius 2 is 1.72 bits per heavy atom. The predicted molar refractivity (Wildman–Crippen MR) is 128 cm³/mol. The minimum Gasteiger partial charge on any atom is -0.415 e. The molecule has 0 unspecified atom stereocenters. The molecule has 0 saturated heterocycles. The molecule has 8 nitrogen and oxygen atoms in total. The molecule has 0 radical (unpaired) electrons. The Bertz CT molecular complexity index is 853. The first-order chi connectivity index (χ1) is 14.6. The first kappa shape index (κ1) is 28.3. The van der Waals surface area contributed by atoms with Gasteiger partial charge in [0.25, 0.3) is 16.0 Å². The van der Waals surface area contributed by atoms with Crippen molar-refractivity contribution in [3.8, 4) is 0 Å². The molecule has 0 saturated carbocycles. The Balaban J connectivity index is 2.99. The molecular weight excluding hydrogens is 448 g/mol. The van der Waals surface area contributed by atoms with Crippen LogP contribution in [0.4, 0.5) is 0 Å². The molecule has 2 N–H and O–H groups in total. The molecule has 1 aromatic carbocycles. The second kappa shape index (κ2) is 11.9. The monoisotopic (exact) mass is 486 g/mol. The van der Waals surface area contributed by atoms with Crippen LogP contribution in [0.5, 0.6) is 0 Å². The van der Waals surface area contributed by atoms with Gasteiger partial charge in [-0.1, -0.05) is 51.1 Å². The molecule has 10 heteroatoms. The lowest BCUT2D eigenvalue weighted by atomic mass is 10.1. The van der Waals surface area contributed by atoms with Crippen LogP contribution in [-0.2, 0) is 34.7 Å². The van der Waals surface area contributed by atoms with Crippen LogP contribution in [0, 0.1) is 0 Å². The average Bonchev–Trinajstić information content (AvgIpc) is 2.68. The second-order valence-corrected chi connectivity index (χ2v) is 15.9. The van der Waals surface area contributed by atoms with Crippen molar-refractivity contribution in [3.63, 3.8) is 0 Å². The Labute approximate surface area is 193 Å². The fourth-order valence-corrected chi connectivity index (χ4v) is 4.28. The van der Waals surface area contributed by atoms with Crippen molar-refractivity contribution in [2.75, 3.05) is 19.9 Å². The molecule has 1 aromatic rings. The van der Waals surface area contributed by atoms with Crippen molar-refractivity contribution < 1.29 is 26.6 Å². The van der Waals surface area contributed by atoms with E-state index in [0.717, 1.165) is 11.8 Å². The number of hydrogen-bond donors (Lipinski definition) is 2. The smallest absolute Gasteiger partial charge is 0.265 e. The highest BCUT2D eigenvalue weighted by Crippen LogP contribution is 2.36. The zero-order valence-corrected chi connectivity index (χ0v) is 22.0. The molecule has 182 valence electrons. The molecule has 0 fully saturated rings. The highest BCUT2D eigenvalue weighted by atomic mass is 32.2. The van der Waals surface area contributed by atoms with E-state index in [2.05, 4.69) is 44.5 Å². The molecule has 0 aliphatic carbocycles. The molecule has 32 heavy (non-hydrogen) atoms. The minimum atomic E-state index is -3.86. The zero-order valence-electron chi connectivity index (χ0n) is 20.2. The van der Waals surface area contributed by atoms with Gasteiger partial charge < -0.3 is 15.1 Å². The van der Waals surface area contributed by atoms with Crippen LogP contribution < -0.4 is 10.6 Å². The van der Waals surface area contributed by atoms with Crippen molar-refractivity contribution in [1.82, 2.24) is 10.6 Å². The number of nitrogens with one attached hydrogen (secondary N) is 2. The summed E-state index contributed by atoms with van der Waals surface area (Å²) < 4.78 is 34.9. The van der Waals surface area contributed by atoms with E-state index in [-0.39, 0.29) is 30.4 Å². The largest absolute Gasteiger partial charge is 0.415 e. The van der Waals surface area contributed by atoms with Crippen LogP contribution in [0.3, 0.4) is 0 Å². The molecule has 0 aromatic heterocycles. The molecule has 0 spiro atoms. The average molecular weight is 487 g/mol. The minimum absolute atomic E-state index is 0.0163. The summed E-state index contributed by atoms with van der Waals surface area (Å²) in [6, 6.07) is 8.59. The van der Waals surface area contributed by atoms with E-state index in [1.165, 1.54) is 0 Å². The van der Waals surface area contributed by atoms with Gasteiger partial charge in [-0.15, -0.1) is 0 Å². The van der Waals surface area contributed by atoms with Gasteiger partial charge in [-0.3, -0.25) is 13.8 Å². The molecule has 0 aliphatic heterocycles. The number of rotatable bonds is 12. The Morgan fingerprint density at radius 1 is 1.12 bits per heavy atom. The topological polar surface area (TPSA) is 111 Å². The summed E-state index contributed by atoms with van der Waals surface area (Å²) in [4.78, 5) is 24.8. The molecule has 0 bridgehead atoms. The number of amides is 2. The van der Waals surface area contributed by atoms with Crippen LogP contribution in [0.2, 0.25) is 18.1 Å². The third-order valence-corrected chi connectivity index (χ3v) is 10.7. The van der Waals surface area contributed by atoms with E-state index in [0.29, 0.717) is 6.42 Å². The van der Waals surface area contributed by atoms with Crippen molar-refractivity contribution in [1.29, 1.82) is 0 Å². The van der Waals surface area contributed by atoms with Gasteiger partial charge >= 0.3 is 0 Å². The van der Waals surface area contributed by atoms with Crippen LogP contribution >= 0.6 is 0 Å². The summed E-state index contributed by atoms with van der Waals surface area (Å²) in [7, 11) is -4.39. The van der Waals surface area contributed by atoms with E-state index in [1.807, 2.05) is 18.2 Å². The fourth-order valence-electron chi connectivity index (χ4n) is 2.66. The number of hydrogen-bond acceptors (Lipinski definition) is 6. The number of carbonyl (C=O) groups is 2. The highest BCUT2D eigenvalue weighted by Gasteiger charge is 2.38.